The van der Waals surface area contributed by atoms with Gasteiger partial charge in [0.25, 0.3) is 0 Å². The molecule has 7 heteroatoms. The van der Waals surface area contributed by atoms with Crippen LogP contribution in [0.15, 0.2) is 24.3 Å². The molecule has 1 aromatic carbocycles. The summed E-state index contributed by atoms with van der Waals surface area (Å²) >= 11 is 0. The van der Waals surface area contributed by atoms with Crippen molar-refractivity contribution in [1.82, 2.24) is 5.32 Å². The molecule has 0 spiro atoms. The predicted octanol–water partition coefficient (Wildman–Crippen LogP) is 1.98. The Morgan fingerprint density at radius 3 is 2.57 bits per heavy atom. The molecule has 3 N–H and O–H groups in total. The van der Waals surface area contributed by atoms with Crippen molar-refractivity contribution in [1.29, 1.82) is 0 Å². The number of alkyl halides is 3. The second-order valence-corrected chi connectivity index (χ2v) is 5.11. The quantitative estimate of drug-likeness (QED) is 0.894. The van der Waals surface area contributed by atoms with Crippen molar-refractivity contribution in [3.05, 3.63) is 29.8 Å². The lowest BCUT2D eigenvalue weighted by atomic mass is 9.86. The maximum Gasteiger partial charge on any atom is 0.573 e. The molecule has 0 radical (unpaired) electrons. The lowest BCUT2D eigenvalue weighted by molar-refractivity contribution is -0.274. The van der Waals surface area contributed by atoms with Gasteiger partial charge in [-0.3, -0.25) is 4.79 Å². The Labute approximate surface area is 120 Å². The minimum Gasteiger partial charge on any atom is -0.406 e. The topological polar surface area (TPSA) is 64.4 Å². The van der Waals surface area contributed by atoms with Crippen LogP contribution in [-0.4, -0.2) is 24.9 Å². The number of nitrogens with two attached hydrogens (primary N) is 1. The van der Waals surface area contributed by atoms with Gasteiger partial charge in [-0.25, -0.2) is 0 Å². The number of amides is 1. The van der Waals surface area contributed by atoms with E-state index >= 15 is 0 Å². The van der Waals surface area contributed by atoms with Crippen LogP contribution in [0, 0.1) is 5.92 Å². The first-order chi connectivity index (χ1) is 9.85. The molecular formula is C14H17F3N2O2. The van der Waals surface area contributed by atoms with Crippen LogP contribution in [-0.2, 0) is 11.2 Å². The molecule has 1 aromatic rings. The van der Waals surface area contributed by atoms with E-state index in [2.05, 4.69) is 10.1 Å². The third-order valence-electron chi connectivity index (χ3n) is 3.56. The minimum atomic E-state index is -4.69. The summed E-state index contributed by atoms with van der Waals surface area (Å²) in [5.74, 6) is -0.844. The summed E-state index contributed by atoms with van der Waals surface area (Å²) < 4.78 is 40.0. The van der Waals surface area contributed by atoms with Crippen molar-refractivity contribution in [2.24, 2.45) is 11.7 Å². The third kappa shape index (κ3) is 4.63. The largest absolute Gasteiger partial charge is 0.573 e. The van der Waals surface area contributed by atoms with Crippen molar-refractivity contribution in [3.8, 4) is 5.75 Å². The zero-order valence-corrected chi connectivity index (χ0v) is 11.3. The van der Waals surface area contributed by atoms with Crippen LogP contribution in [0.4, 0.5) is 13.2 Å². The van der Waals surface area contributed by atoms with Crippen molar-refractivity contribution in [2.75, 3.05) is 6.54 Å². The SMILES string of the molecule is NC(=O)C1CCCNC1Cc1ccc(OC(F)(F)F)cc1. The molecule has 1 aliphatic heterocycles. The van der Waals surface area contributed by atoms with Gasteiger partial charge in [-0.15, -0.1) is 13.2 Å². The van der Waals surface area contributed by atoms with E-state index in [9.17, 15) is 18.0 Å². The number of nitrogens with one attached hydrogen (secondary N) is 1. The highest BCUT2D eigenvalue weighted by Crippen LogP contribution is 2.24. The second-order valence-electron chi connectivity index (χ2n) is 5.11. The van der Waals surface area contributed by atoms with Gasteiger partial charge in [-0.05, 0) is 43.5 Å². The Bertz CT molecular complexity index is 488. The molecule has 0 saturated carbocycles. The Morgan fingerprint density at radius 1 is 1.33 bits per heavy atom. The van der Waals surface area contributed by atoms with Crippen LogP contribution in [0.5, 0.6) is 5.75 Å². The number of hydrogen-bond acceptors (Lipinski definition) is 3. The summed E-state index contributed by atoms with van der Waals surface area (Å²) in [6.45, 7) is 0.809. The first-order valence-corrected chi connectivity index (χ1v) is 6.72. The molecule has 2 unspecified atom stereocenters. The minimum absolute atomic E-state index is 0.0781. The maximum absolute atomic E-state index is 12.1. The predicted molar refractivity (Wildman–Crippen MR) is 70.5 cm³/mol. The fourth-order valence-corrected chi connectivity index (χ4v) is 2.59. The van der Waals surface area contributed by atoms with Gasteiger partial charge in [0.1, 0.15) is 5.75 Å². The number of carbonyl (C=O) groups excluding carboxylic acids is 1. The van der Waals surface area contributed by atoms with E-state index in [1.165, 1.54) is 12.1 Å². The fourth-order valence-electron chi connectivity index (χ4n) is 2.59. The highest BCUT2D eigenvalue weighted by Gasteiger charge is 2.31. The second kappa shape index (κ2) is 6.34. The Hall–Kier alpha value is -1.76. The molecule has 116 valence electrons. The van der Waals surface area contributed by atoms with Gasteiger partial charge in [0.2, 0.25) is 5.91 Å². The summed E-state index contributed by atoms with van der Waals surface area (Å²) in [6, 6.07) is 5.59. The van der Waals surface area contributed by atoms with Crippen LogP contribution in [0.2, 0.25) is 0 Å². The molecule has 1 aliphatic rings. The van der Waals surface area contributed by atoms with E-state index < -0.39 is 6.36 Å². The van der Waals surface area contributed by atoms with Crippen molar-refractivity contribution in [2.45, 2.75) is 31.7 Å². The number of piperidine rings is 1. The van der Waals surface area contributed by atoms with Crippen LogP contribution in [0.25, 0.3) is 0 Å². The molecule has 2 atom stereocenters. The average Bonchev–Trinajstić information content (AvgIpc) is 2.40. The third-order valence-corrected chi connectivity index (χ3v) is 3.56. The Balaban J connectivity index is 2.00. The molecule has 2 rings (SSSR count). The van der Waals surface area contributed by atoms with E-state index in [4.69, 9.17) is 5.73 Å². The highest BCUT2D eigenvalue weighted by atomic mass is 19.4. The molecule has 1 amide bonds. The van der Waals surface area contributed by atoms with Crippen LogP contribution in [0.1, 0.15) is 18.4 Å². The lowest BCUT2D eigenvalue weighted by Gasteiger charge is -2.30. The molecule has 0 aromatic heterocycles. The lowest BCUT2D eigenvalue weighted by Crippen LogP contribution is -2.48. The van der Waals surface area contributed by atoms with E-state index in [-0.39, 0.29) is 23.6 Å². The molecule has 21 heavy (non-hydrogen) atoms. The zero-order valence-electron chi connectivity index (χ0n) is 11.3. The summed E-state index contributed by atoms with van der Waals surface area (Å²) in [5, 5.41) is 3.24. The number of rotatable bonds is 4. The molecular weight excluding hydrogens is 285 g/mol. The Kier molecular flexibility index (Phi) is 4.72. The molecule has 1 saturated heterocycles. The average molecular weight is 302 g/mol. The first kappa shape index (κ1) is 15.6. The molecule has 1 fully saturated rings. The number of halogens is 3. The first-order valence-electron chi connectivity index (χ1n) is 6.72. The fraction of sp³-hybridized carbons (Fsp3) is 0.500. The van der Waals surface area contributed by atoms with Gasteiger partial charge >= 0.3 is 6.36 Å². The van der Waals surface area contributed by atoms with E-state index in [1.54, 1.807) is 12.1 Å². The van der Waals surface area contributed by atoms with Gasteiger partial charge in [0.05, 0.1) is 5.92 Å². The number of primary amides is 1. The summed E-state index contributed by atoms with van der Waals surface area (Å²) in [7, 11) is 0. The van der Waals surface area contributed by atoms with Crippen LogP contribution in [0.3, 0.4) is 0 Å². The number of hydrogen-bond donors (Lipinski definition) is 2. The molecule has 4 nitrogen and oxygen atoms in total. The molecule has 0 aliphatic carbocycles. The van der Waals surface area contributed by atoms with Crippen LogP contribution >= 0.6 is 0 Å². The van der Waals surface area contributed by atoms with E-state index in [0.717, 1.165) is 24.9 Å². The molecule has 0 bridgehead atoms. The van der Waals surface area contributed by atoms with Gasteiger partial charge < -0.3 is 15.8 Å². The normalized spacial score (nSPS) is 22.8. The van der Waals surface area contributed by atoms with Crippen molar-refractivity contribution in [3.63, 3.8) is 0 Å². The van der Waals surface area contributed by atoms with Crippen molar-refractivity contribution < 1.29 is 22.7 Å². The summed E-state index contributed by atoms with van der Waals surface area (Å²) in [6.07, 6.45) is -2.52. The number of benzene rings is 1. The number of ether oxygens (including phenoxy) is 1. The van der Waals surface area contributed by atoms with Crippen LogP contribution < -0.4 is 15.8 Å². The summed E-state index contributed by atoms with van der Waals surface area (Å²) in [5.41, 5.74) is 6.21. The smallest absolute Gasteiger partial charge is 0.406 e. The van der Waals surface area contributed by atoms with Crippen molar-refractivity contribution >= 4 is 5.91 Å². The molecule has 1 heterocycles. The number of carbonyl (C=O) groups is 1. The monoisotopic (exact) mass is 302 g/mol. The highest BCUT2D eigenvalue weighted by molar-refractivity contribution is 5.77. The Morgan fingerprint density at radius 2 is 2.00 bits per heavy atom. The van der Waals surface area contributed by atoms with E-state index in [1.807, 2.05) is 0 Å². The zero-order chi connectivity index (χ0) is 15.5. The van der Waals surface area contributed by atoms with Gasteiger partial charge in [0, 0.05) is 6.04 Å². The van der Waals surface area contributed by atoms with Gasteiger partial charge in [0.15, 0.2) is 0 Å². The standard InChI is InChI=1S/C14H17F3N2O2/c15-14(16,17)21-10-5-3-9(4-6-10)8-12-11(13(18)20)2-1-7-19-12/h3-6,11-12,19H,1-2,7-8H2,(H2,18,20). The summed E-state index contributed by atoms with van der Waals surface area (Å²) in [4.78, 5) is 11.4. The van der Waals surface area contributed by atoms with E-state index in [0.29, 0.717) is 6.42 Å². The van der Waals surface area contributed by atoms with Gasteiger partial charge in [-0.1, -0.05) is 12.1 Å². The maximum atomic E-state index is 12.1. The van der Waals surface area contributed by atoms with Gasteiger partial charge in [-0.2, -0.15) is 0 Å².